The van der Waals surface area contributed by atoms with E-state index < -0.39 is 5.82 Å². The van der Waals surface area contributed by atoms with E-state index in [1.807, 2.05) is 0 Å². The number of hydrogen-bond acceptors (Lipinski definition) is 5. The first-order valence-corrected chi connectivity index (χ1v) is 11.4. The minimum Gasteiger partial charge on any atom is -0.381 e. The lowest BCUT2D eigenvalue weighted by Gasteiger charge is -2.32. The SMILES string of the molecule is Cc1nc2c(-c3ccc(Cl)cc3F)nc([C@H]3CCO[C@@H]([C@H]4CCOC4)C3)cn2c(=O)c1C. The number of aromatic nitrogens is 3. The standard InChI is InChI=1S/C24H25ClFN3O3/c1-13-14(2)27-23-22(18-4-3-17(25)10-19(18)26)28-20(11-29(23)24(13)30)15-6-8-32-21(9-15)16-5-7-31-12-16/h3-4,10-11,15-16,21H,5-9,12H2,1-2H3/t15-,16-,21+/m0/s1. The van der Waals surface area contributed by atoms with Gasteiger partial charge >= 0.3 is 0 Å². The smallest absolute Gasteiger partial charge is 0.261 e. The molecular weight excluding hydrogens is 433 g/mol. The monoisotopic (exact) mass is 457 g/mol. The average molecular weight is 458 g/mol. The van der Waals surface area contributed by atoms with E-state index in [0.717, 1.165) is 31.6 Å². The first-order chi connectivity index (χ1) is 15.4. The zero-order valence-electron chi connectivity index (χ0n) is 18.1. The third-order valence-electron chi connectivity index (χ3n) is 6.71. The van der Waals surface area contributed by atoms with Gasteiger partial charge in [0.05, 0.1) is 18.4 Å². The molecule has 5 rings (SSSR count). The number of hydrogen-bond donors (Lipinski definition) is 0. The van der Waals surface area contributed by atoms with Crippen LogP contribution in [0.4, 0.5) is 4.39 Å². The molecule has 2 aliphatic heterocycles. The third kappa shape index (κ3) is 3.83. The Balaban J connectivity index is 1.66. The van der Waals surface area contributed by atoms with Gasteiger partial charge in [0.2, 0.25) is 0 Å². The molecule has 6 nitrogen and oxygen atoms in total. The van der Waals surface area contributed by atoms with Crippen LogP contribution in [-0.2, 0) is 9.47 Å². The van der Waals surface area contributed by atoms with E-state index in [4.69, 9.17) is 26.1 Å². The number of halogens is 2. The Labute approximate surface area is 190 Å². The van der Waals surface area contributed by atoms with Crippen molar-refractivity contribution in [3.63, 3.8) is 0 Å². The van der Waals surface area contributed by atoms with Crippen molar-refractivity contribution in [2.45, 2.75) is 45.1 Å². The highest BCUT2D eigenvalue weighted by molar-refractivity contribution is 6.30. The second-order valence-corrected chi connectivity index (χ2v) is 9.15. The lowest BCUT2D eigenvalue weighted by molar-refractivity contribution is -0.0311. The van der Waals surface area contributed by atoms with Gasteiger partial charge in [-0.25, -0.2) is 14.4 Å². The van der Waals surface area contributed by atoms with Gasteiger partial charge in [-0.1, -0.05) is 11.6 Å². The number of nitrogens with zero attached hydrogens (tertiary/aromatic N) is 3. The van der Waals surface area contributed by atoms with Crippen molar-refractivity contribution in [3.8, 4) is 11.3 Å². The van der Waals surface area contributed by atoms with Gasteiger partial charge in [-0.15, -0.1) is 0 Å². The molecular formula is C24H25ClFN3O3. The average Bonchev–Trinajstić information content (AvgIpc) is 3.33. The number of benzene rings is 1. The maximum absolute atomic E-state index is 14.9. The molecule has 2 saturated heterocycles. The highest BCUT2D eigenvalue weighted by Crippen LogP contribution is 2.36. The summed E-state index contributed by atoms with van der Waals surface area (Å²) in [7, 11) is 0. The molecule has 3 aromatic rings. The lowest BCUT2D eigenvalue weighted by Crippen LogP contribution is -2.32. The molecule has 2 aromatic heterocycles. The molecule has 2 fully saturated rings. The van der Waals surface area contributed by atoms with Crippen molar-refractivity contribution in [2.75, 3.05) is 19.8 Å². The van der Waals surface area contributed by atoms with Gasteiger partial charge in [-0.2, -0.15) is 0 Å². The fourth-order valence-electron chi connectivity index (χ4n) is 4.69. The van der Waals surface area contributed by atoms with Gasteiger partial charge in [-0.05, 0) is 51.3 Å². The predicted molar refractivity (Wildman–Crippen MR) is 120 cm³/mol. The maximum atomic E-state index is 14.9. The summed E-state index contributed by atoms with van der Waals surface area (Å²) < 4.78 is 28.0. The Morgan fingerprint density at radius 1 is 1.19 bits per heavy atom. The summed E-state index contributed by atoms with van der Waals surface area (Å²) in [4.78, 5) is 22.6. The summed E-state index contributed by atoms with van der Waals surface area (Å²) in [6.07, 6.45) is 4.44. The van der Waals surface area contributed by atoms with Crippen molar-refractivity contribution in [1.82, 2.24) is 14.4 Å². The number of fused-ring (bicyclic) bond motifs is 1. The highest BCUT2D eigenvalue weighted by atomic mass is 35.5. The molecule has 0 bridgehead atoms. The Morgan fingerprint density at radius 3 is 2.78 bits per heavy atom. The molecule has 8 heteroatoms. The van der Waals surface area contributed by atoms with Crippen LogP contribution in [0.25, 0.3) is 16.9 Å². The third-order valence-corrected chi connectivity index (χ3v) is 6.94. The van der Waals surface area contributed by atoms with Crippen molar-refractivity contribution in [3.05, 3.63) is 62.5 Å². The van der Waals surface area contributed by atoms with Crippen LogP contribution in [-0.4, -0.2) is 40.3 Å². The first-order valence-electron chi connectivity index (χ1n) is 11.0. The quantitative estimate of drug-likeness (QED) is 0.580. The molecule has 4 heterocycles. The molecule has 0 unspecified atom stereocenters. The van der Waals surface area contributed by atoms with E-state index in [2.05, 4.69) is 4.98 Å². The number of ether oxygens (including phenoxy) is 2. The molecule has 1 aromatic carbocycles. The summed E-state index contributed by atoms with van der Waals surface area (Å²) in [5.74, 6) is -0.0217. The van der Waals surface area contributed by atoms with Crippen LogP contribution < -0.4 is 5.56 Å². The Morgan fingerprint density at radius 2 is 2.03 bits per heavy atom. The van der Waals surface area contributed by atoms with E-state index >= 15 is 0 Å². The topological polar surface area (TPSA) is 65.7 Å². The van der Waals surface area contributed by atoms with Gasteiger partial charge < -0.3 is 9.47 Å². The van der Waals surface area contributed by atoms with Gasteiger partial charge in [0, 0.05) is 53.1 Å². The first kappa shape index (κ1) is 21.5. The zero-order chi connectivity index (χ0) is 22.4. The van der Waals surface area contributed by atoms with E-state index in [1.54, 1.807) is 32.2 Å². The van der Waals surface area contributed by atoms with Crippen molar-refractivity contribution < 1.29 is 13.9 Å². The fourth-order valence-corrected chi connectivity index (χ4v) is 4.84. The molecule has 3 atom stereocenters. The molecule has 0 N–H and O–H groups in total. The van der Waals surface area contributed by atoms with Crippen LogP contribution in [0.3, 0.4) is 0 Å². The van der Waals surface area contributed by atoms with Crippen molar-refractivity contribution in [2.24, 2.45) is 5.92 Å². The summed E-state index contributed by atoms with van der Waals surface area (Å²) >= 11 is 5.97. The number of rotatable bonds is 3. The molecule has 0 aliphatic carbocycles. The van der Waals surface area contributed by atoms with Crippen LogP contribution in [0.1, 0.15) is 42.1 Å². The number of aryl methyl sites for hydroxylation is 1. The molecule has 2 aliphatic rings. The minimum absolute atomic E-state index is 0.0964. The lowest BCUT2D eigenvalue weighted by atomic mass is 9.86. The van der Waals surface area contributed by atoms with Crippen molar-refractivity contribution >= 4 is 17.2 Å². The van der Waals surface area contributed by atoms with E-state index in [-0.39, 0.29) is 23.1 Å². The largest absolute Gasteiger partial charge is 0.381 e. The van der Waals surface area contributed by atoms with E-state index in [1.165, 1.54) is 10.5 Å². The van der Waals surface area contributed by atoms with Gasteiger partial charge in [-0.3, -0.25) is 9.20 Å². The van der Waals surface area contributed by atoms with Crippen LogP contribution in [0.2, 0.25) is 5.02 Å². The molecule has 32 heavy (non-hydrogen) atoms. The van der Waals surface area contributed by atoms with Gasteiger partial charge in [0.25, 0.3) is 5.56 Å². The molecule has 0 amide bonds. The maximum Gasteiger partial charge on any atom is 0.261 e. The molecule has 168 valence electrons. The predicted octanol–water partition coefficient (Wildman–Crippen LogP) is 4.46. The van der Waals surface area contributed by atoms with Crippen LogP contribution >= 0.6 is 11.6 Å². The van der Waals surface area contributed by atoms with E-state index in [9.17, 15) is 9.18 Å². The Hall–Kier alpha value is -2.35. The van der Waals surface area contributed by atoms with Crippen molar-refractivity contribution in [1.29, 1.82) is 0 Å². The summed E-state index contributed by atoms with van der Waals surface area (Å²) in [6.45, 7) is 5.63. The fraction of sp³-hybridized carbons (Fsp3) is 0.458. The Bertz CT molecular complexity index is 1240. The minimum atomic E-state index is -0.496. The summed E-state index contributed by atoms with van der Waals surface area (Å²) in [5.41, 5.74) is 2.72. The van der Waals surface area contributed by atoms with E-state index in [0.29, 0.717) is 46.8 Å². The second kappa shape index (κ2) is 8.54. The zero-order valence-corrected chi connectivity index (χ0v) is 18.9. The normalized spacial score (nSPS) is 23.7. The van der Waals surface area contributed by atoms with Gasteiger partial charge in [0.1, 0.15) is 11.5 Å². The van der Waals surface area contributed by atoms with Gasteiger partial charge in [0.15, 0.2) is 5.65 Å². The molecule has 0 radical (unpaired) electrons. The molecule has 0 saturated carbocycles. The molecule has 0 spiro atoms. The van der Waals surface area contributed by atoms with Crippen LogP contribution in [0, 0.1) is 25.6 Å². The van der Waals surface area contributed by atoms with Crippen LogP contribution in [0.15, 0.2) is 29.2 Å². The summed E-state index contributed by atoms with van der Waals surface area (Å²) in [6, 6.07) is 4.47. The second-order valence-electron chi connectivity index (χ2n) is 8.71. The summed E-state index contributed by atoms with van der Waals surface area (Å²) in [5, 5.41) is 0.301. The Kier molecular flexibility index (Phi) is 5.73. The van der Waals surface area contributed by atoms with Crippen LogP contribution in [0.5, 0.6) is 0 Å². The highest BCUT2D eigenvalue weighted by Gasteiger charge is 2.33.